The number of rotatable bonds is 3. The Morgan fingerprint density at radius 2 is 2.25 bits per heavy atom. The minimum atomic E-state index is -0.166. The van der Waals surface area contributed by atoms with E-state index in [0.29, 0.717) is 6.54 Å². The van der Waals surface area contributed by atoms with Crippen LogP contribution in [0, 0.1) is 0 Å². The van der Waals surface area contributed by atoms with Gasteiger partial charge in [0.2, 0.25) is 5.91 Å². The van der Waals surface area contributed by atoms with Crippen LogP contribution in [-0.2, 0) is 11.3 Å². The van der Waals surface area contributed by atoms with Crippen LogP contribution in [0.4, 0.5) is 0 Å². The van der Waals surface area contributed by atoms with Gasteiger partial charge in [-0.05, 0) is 23.8 Å². The molecule has 0 spiro atoms. The van der Waals surface area contributed by atoms with Crippen LogP contribution in [0.25, 0.3) is 10.9 Å². The van der Waals surface area contributed by atoms with E-state index >= 15 is 0 Å². The van der Waals surface area contributed by atoms with Crippen molar-refractivity contribution in [2.45, 2.75) is 6.54 Å². The number of amides is 1. The van der Waals surface area contributed by atoms with Gasteiger partial charge in [0.15, 0.2) is 0 Å². The van der Waals surface area contributed by atoms with Gasteiger partial charge in [0.05, 0.1) is 5.52 Å². The van der Waals surface area contributed by atoms with Crippen molar-refractivity contribution >= 4 is 16.8 Å². The Morgan fingerprint density at radius 3 is 3.06 bits per heavy atom. The fourth-order valence-corrected chi connectivity index (χ4v) is 1.58. The van der Waals surface area contributed by atoms with Crippen LogP contribution in [-0.4, -0.2) is 10.9 Å². The third-order valence-electron chi connectivity index (χ3n) is 2.37. The number of nitrogens with one attached hydrogen (secondary N) is 1. The topological polar surface area (TPSA) is 42.0 Å². The molecule has 16 heavy (non-hydrogen) atoms. The summed E-state index contributed by atoms with van der Waals surface area (Å²) >= 11 is 0. The van der Waals surface area contributed by atoms with Crippen molar-refractivity contribution < 1.29 is 4.79 Å². The highest BCUT2D eigenvalue weighted by Gasteiger charge is 2.01. The SMILES string of the molecule is C=CC(=O)NCc1cccc2ncccc12. The van der Waals surface area contributed by atoms with Crippen molar-refractivity contribution in [2.75, 3.05) is 0 Å². The van der Waals surface area contributed by atoms with Crippen LogP contribution in [0.5, 0.6) is 0 Å². The number of carbonyl (C=O) groups is 1. The molecule has 0 unspecified atom stereocenters. The number of benzene rings is 1. The lowest BCUT2D eigenvalue weighted by atomic mass is 10.1. The van der Waals surface area contributed by atoms with Gasteiger partial charge in [-0.15, -0.1) is 0 Å². The molecule has 0 atom stereocenters. The van der Waals surface area contributed by atoms with Crippen LogP contribution < -0.4 is 5.32 Å². The molecule has 0 aliphatic rings. The Labute approximate surface area is 93.8 Å². The maximum Gasteiger partial charge on any atom is 0.243 e. The van der Waals surface area contributed by atoms with Gasteiger partial charge in [0, 0.05) is 18.1 Å². The first-order valence-corrected chi connectivity index (χ1v) is 5.04. The standard InChI is InChI=1S/C13H12N2O/c1-2-13(16)15-9-10-5-3-7-12-11(10)6-4-8-14-12/h2-8H,1,9H2,(H,15,16). The van der Waals surface area contributed by atoms with E-state index in [1.54, 1.807) is 6.20 Å². The number of nitrogens with zero attached hydrogens (tertiary/aromatic N) is 1. The largest absolute Gasteiger partial charge is 0.348 e. The molecule has 1 heterocycles. The fourth-order valence-electron chi connectivity index (χ4n) is 1.58. The molecule has 2 rings (SSSR count). The van der Waals surface area contributed by atoms with Gasteiger partial charge < -0.3 is 5.32 Å². The summed E-state index contributed by atoms with van der Waals surface area (Å²) in [5.41, 5.74) is 1.99. The number of aromatic nitrogens is 1. The van der Waals surface area contributed by atoms with Crippen LogP contribution in [0.1, 0.15) is 5.56 Å². The molecular weight excluding hydrogens is 200 g/mol. The second kappa shape index (κ2) is 4.57. The molecule has 3 heteroatoms. The van der Waals surface area contributed by atoms with Crippen LogP contribution in [0.3, 0.4) is 0 Å². The van der Waals surface area contributed by atoms with E-state index in [-0.39, 0.29) is 5.91 Å². The third-order valence-corrected chi connectivity index (χ3v) is 2.37. The lowest BCUT2D eigenvalue weighted by Gasteiger charge is -2.06. The zero-order valence-electron chi connectivity index (χ0n) is 8.81. The average molecular weight is 212 g/mol. The Balaban J connectivity index is 2.30. The molecule has 0 saturated heterocycles. The molecule has 1 N–H and O–H groups in total. The van der Waals surface area contributed by atoms with Gasteiger partial charge in [0.1, 0.15) is 0 Å². The Bertz CT molecular complexity index is 529. The minimum Gasteiger partial charge on any atom is -0.348 e. The molecule has 0 fully saturated rings. The van der Waals surface area contributed by atoms with Crippen LogP contribution >= 0.6 is 0 Å². The highest BCUT2D eigenvalue weighted by molar-refractivity contribution is 5.87. The van der Waals surface area contributed by atoms with Gasteiger partial charge in [-0.3, -0.25) is 9.78 Å². The van der Waals surface area contributed by atoms with Crippen LogP contribution in [0.2, 0.25) is 0 Å². The fraction of sp³-hybridized carbons (Fsp3) is 0.0769. The summed E-state index contributed by atoms with van der Waals surface area (Å²) in [4.78, 5) is 15.3. The monoisotopic (exact) mass is 212 g/mol. The van der Waals surface area contributed by atoms with Crippen molar-refractivity contribution in [2.24, 2.45) is 0 Å². The maximum absolute atomic E-state index is 11.1. The predicted octanol–water partition coefficient (Wildman–Crippen LogP) is 2.04. The maximum atomic E-state index is 11.1. The first-order chi connectivity index (χ1) is 7.81. The van der Waals surface area contributed by atoms with Gasteiger partial charge in [0.25, 0.3) is 0 Å². The zero-order chi connectivity index (χ0) is 11.4. The highest BCUT2D eigenvalue weighted by Crippen LogP contribution is 2.15. The summed E-state index contributed by atoms with van der Waals surface area (Å²) < 4.78 is 0. The molecular formula is C13H12N2O. The van der Waals surface area contributed by atoms with Crippen molar-refractivity contribution in [3.63, 3.8) is 0 Å². The Morgan fingerprint density at radius 1 is 1.38 bits per heavy atom. The molecule has 0 aliphatic heterocycles. The molecule has 0 aliphatic carbocycles. The van der Waals surface area contributed by atoms with E-state index in [1.807, 2.05) is 30.3 Å². The van der Waals surface area contributed by atoms with Crippen molar-refractivity contribution in [1.29, 1.82) is 0 Å². The van der Waals surface area contributed by atoms with E-state index in [9.17, 15) is 4.79 Å². The summed E-state index contributed by atoms with van der Waals surface area (Å²) in [7, 11) is 0. The summed E-state index contributed by atoms with van der Waals surface area (Å²) in [5, 5.41) is 3.82. The first kappa shape index (κ1) is 10.4. The van der Waals surface area contributed by atoms with E-state index < -0.39 is 0 Å². The van der Waals surface area contributed by atoms with Crippen molar-refractivity contribution in [1.82, 2.24) is 10.3 Å². The minimum absolute atomic E-state index is 0.166. The normalized spacial score (nSPS) is 10.0. The molecule has 0 radical (unpaired) electrons. The lowest BCUT2D eigenvalue weighted by molar-refractivity contribution is -0.116. The van der Waals surface area contributed by atoms with Gasteiger partial charge in [-0.2, -0.15) is 0 Å². The molecule has 3 nitrogen and oxygen atoms in total. The quantitative estimate of drug-likeness (QED) is 0.791. The van der Waals surface area contributed by atoms with Gasteiger partial charge in [-0.1, -0.05) is 24.8 Å². The second-order valence-electron chi connectivity index (χ2n) is 3.41. The molecule has 1 amide bonds. The summed E-state index contributed by atoms with van der Waals surface area (Å²) in [6.45, 7) is 3.90. The number of fused-ring (bicyclic) bond motifs is 1. The second-order valence-corrected chi connectivity index (χ2v) is 3.41. The molecule has 80 valence electrons. The number of hydrogen-bond donors (Lipinski definition) is 1. The van der Waals surface area contributed by atoms with E-state index in [4.69, 9.17) is 0 Å². The van der Waals surface area contributed by atoms with E-state index in [2.05, 4.69) is 16.9 Å². The average Bonchev–Trinajstić information content (AvgIpc) is 2.35. The first-order valence-electron chi connectivity index (χ1n) is 5.04. The number of hydrogen-bond acceptors (Lipinski definition) is 2. The number of carbonyl (C=O) groups excluding carboxylic acids is 1. The van der Waals surface area contributed by atoms with Gasteiger partial charge in [-0.25, -0.2) is 0 Å². The van der Waals surface area contributed by atoms with Gasteiger partial charge >= 0.3 is 0 Å². The molecule has 1 aromatic heterocycles. The molecule has 0 bridgehead atoms. The van der Waals surface area contributed by atoms with E-state index in [0.717, 1.165) is 16.5 Å². The predicted molar refractivity (Wildman–Crippen MR) is 63.8 cm³/mol. The molecule has 1 aromatic carbocycles. The lowest BCUT2D eigenvalue weighted by Crippen LogP contribution is -2.20. The summed E-state index contributed by atoms with van der Waals surface area (Å²) in [5.74, 6) is -0.166. The molecule has 2 aromatic rings. The van der Waals surface area contributed by atoms with Crippen molar-refractivity contribution in [3.05, 3.63) is 54.7 Å². The molecule has 0 saturated carbocycles. The third kappa shape index (κ3) is 2.08. The smallest absolute Gasteiger partial charge is 0.243 e. The summed E-state index contributed by atoms with van der Waals surface area (Å²) in [6, 6.07) is 9.76. The zero-order valence-corrected chi connectivity index (χ0v) is 8.81. The number of pyridine rings is 1. The highest BCUT2D eigenvalue weighted by atomic mass is 16.1. The Hall–Kier alpha value is -2.16. The van der Waals surface area contributed by atoms with Crippen molar-refractivity contribution in [3.8, 4) is 0 Å². The van der Waals surface area contributed by atoms with Crippen LogP contribution in [0.15, 0.2) is 49.2 Å². The van der Waals surface area contributed by atoms with E-state index in [1.165, 1.54) is 6.08 Å². The summed E-state index contributed by atoms with van der Waals surface area (Å²) in [6.07, 6.45) is 3.03. The Kier molecular flexibility index (Phi) is 2.96.